The van der Waals surface area contributed by atoms with Crippen molar-refractivity contribution < 1.29 is 22.6 Å². The van der Waals surface area contributed by atoms with Crippen molar-refractivity contribution in [2.75, 3.05) is 12.3 Å². The van der Waals surface area contributed by atoms with Crippen molar-refractivity contribution in [1.82, 2.24) is 0 Å². The summed E-state index contributed by atoms with van der Waals surface area (Å²) in [5.74, 6) is 1.24. The molecule has 1 aliphatic rings. The lowest BCUT2D eigenvalue weighted by Crippen LogP contribution is -2.16. The van der Waals surface area contributed by atoms with Crippen molar-refractivity contribution in [2.24, 2.45) is 5.92 Å². The maximum Gasteiger partial charge on any atom is 0.573 e. The van der Waals surface area contributed by atoms with E-state index in [4.69, 9.17) is 10.5 Å². The second kappa shape index (κ2) is 8.55. The zero-order valence-corrected chi connectivity index (χ0v) is 15.1. The zero-order chi connectivity index (χ0) is 19.3. The van der Waals surface area contributed by atoms with Gasteiger partial charge in [0.15, 0.2) is 0 Å². The van der Waals surface area contributed by atoms with Crippen LogP contribution in [0.25, 0.3) is 11.1 Å². The summed E-state index contributed by atoms with van der Waals surface area (Å²) in [4.78, 5) is 0. The molecule has 0 atom stereocenters. The fraction of sp³-hybridized carbons (Fsp3) is 0.429. The molecule has 6 heteroatoms. The summed E-state index contributed by atoms with van der Waals surface area (Å²) in [7, 11) is 0. The van der Waals surface area contributed by atoms with E-state index in [1.165, 1.54) is 44.2 Å². The van der Waals surface area contributed by atoms with E-state index in [9.17, 15) is 13.2 Å². The van der Waals surface area contributed by atoms with Crippen LogP contribution in [0.2, 0.25) is 0 Å². The van der Waals surface area contributed by atoms with Crippen LogP contribution >= 0.6 is 0 Å². The lowest BCUT2D eigenvalue weighted by Gasteiger charge is -2.13. The Morgan fingerprint density at radius 2 is 1.63 bits per heavy atom. The van der Waals surface area contributed by atoms with Crippen LogP contribution in [0.15, 0.2) is 42.5 Å². The van der Waals surface area contributed by atoms with Gasteiger partial charge in [-0.15, -0.1) is 13.2 Å². The molecule has 0 aliphatic heterocycles. The van der Waals surface area contributed by atoms with Gasteiger partial charge in [0, 0.05) is 0 Å². The molecule has 0 radical (unpaired) electrons. The molecule has 0 bridgehead atoms. The van der Waals surface area contributed by atoms with Gasteiger partial charge in [-0.25, -0.2) is 0 Å². The Balaban J connectivity index is 1.55. The summed E-state index contributed by atoms with van der Waals surface area (Å²) in [6.45, 7) is 0.642. The van der Waals surface area contributed by atoms with Crippen LogP contribution < -0.4 is 15.2 Å². The molecule has 3 nitrogen and oxygen atoms in total. The first-order valence-corrected chi connectivity index (χ1v) is 9.29. The first-order chi connectivity index (χ1) is 12.9. The molecule has 3 rings (SSSR count). The summed E-state index contributed by atoms with van der Waals surface area (Å²) < 4.78 is 46.3. The predicted octanol–water partition coefficient (Wildman–Crippen LogP) is 6.18. The Morgan fingerprint density at radius 3 is 2.26 bits per heavy atom. The van der Waals surface area contributed by atoms with E-state index in [1.54, 1.807) is 24.3 Å². The van der Waals surface area contributed by atoms with Crippen molar-refractivity contribution in [1.29, 1.82) is 0 Å². The number of nitrogens with two attached hydrogens (primary N) is 1. The average molecular weight is 379 g/mol. The van der Waals surface area contributed by atoms with Gasteiger partial charge in [-0.3, -0.25) is 0 Å². The number of nitrogen functional groups attached to an aromatic ring is 1. The van der Waals surface area contributed by atoms with E-state index >= 15 is 0 Å². The lowest BCUT2D eigenvalue weighted by atomic mass is 10.0. The van der Waals surface area contributed by atoms with Gasteiger partial charge < -0.3 is 15.2 Å². The fourth-order valence-corrected chi connectivity index (χ4v) is 3.56. The van der Waals surface area contributed by atoms with E-state index in [-0.39, 0.29) is 5.75 Å². The molecule has 27 heavy (non-hydrogen) atoms. The van der Waals surface area contributed by atoms with Gasteiger partial charge in [-0.05, 0) is 54.2 Å². The summed E-state index contributed by atoms with van der Waals surface area (Å²) in [6.07, 6.45) is 2.90. The number of alkyl halides is 3. The normalized spacial score (nSPS) is 15.1. The van der Waals surface area contributed by atoms with E-state index in [2.05, 4.69) is 4.74 Å². The number of benzene rings is 2. The largest absolute Gasteiger partial charge is 0.573 e. The highest BCUT2D eigenvalue weighted by Gasteiger charge is 2.30. The van der Waals surface area contributed by atoms with Crippen molar-refractivity contribution >= 4 is 5.69 Å². The van der Waals surface area contributed by atoms with Gasteiger partial charge in [-0.2, -0.15) is 0 Å². The van der Waals surface area contributed by atoms with Crippen LogP contribution in [-0.4, -0.2) is 13.0 Å². The van der Waals surface area contributed by atoms with Crippen LogP contribution in [0.3, 0.4) is 0 Å². The molecule has 0 aromatic heterocycles. The van der Waals surface area contributed by atoms with Crippen LogP contribution in [0.5, 0.6) is 11.5 Å². The number of halogens is 3. The standard InChI is InChI=1S/C21H24F3NO2/c22-21(23,24)27-18-10-7-16(8-11-18)17-9-12-20(19(25)14-17)26-13-3-6-15-4-1-2-5-15/h7-12,14-15H,1-6,13,25H2. The summed E-state index contributed by atoms with van der Waals surface area (Å²) in [5.41, 5.74) is 8.16. The third-order valence-electron chi connectivity index (χ3n) is 4.92. The second-order valence-electron chi connectivity index (χ2n) is 6.97. The Morgan fingerprint density at radius 1 is 0.963 bits per heavy atom. The highest BCUT2D eigenvalue weighted by Crippen LogP contribution is 2.32. The molecule has 2 N–H and O–H groups in total. The van der Waals surface area contributed by atoms with Gasteiger partial charge in [-0.1, -0.05) is 43.9 Å². The highest BCUT2D eigenvalue weighted by atomic mass is 19.4. The number of hydrogen-bond acceptors (Lipinski definition) is 3. The maximum atomic E-state index is 12.2. The van der Waals surface area contributed by atoms with Gasteiger partial charge in [0.05, 0.1) is 12.3 Å². The summed E-state index contributed by atoms with van der Waals surface area (Å²) in [5, 5.41) is 0. The highest BCUT2D eigenvalue weighted by molar-refractivity contribution is 5.71. The van der Waals surface area contributed by atoms with Gasteiger partial charge >= 0.3 is 6.36 Å². The summed E-state index contributed by atoms with van der Waals surface area (Å²) in [6, 6.07) is 11.1. The molecular formula is C21H24F3NO2. The Hall–Kier alpha value is -2.37. The maximum absolute atomic E-state index is 12.2. The van der Waals surface area contributed by atoms with Gasteiger partial charge in [0.1, 0.15) is 11.5 Å². The topological polar surface area (TPSA) is 44.5 Å². The minimum absolute atomic E-state index is 0.249. The summed E-state index contributed by atoms with van der Waals surface area (Å²) >= 11 is 0. The molecule has 1 saturated carbocycles. The first-order valence-electron chi connectivity index (χ1n) is 9.29. The van der Waals surface area contributed by atoms with E-state index in [1.807, 2.05) is 6.07 Å². The van der Waals surface area contributed by atoms with E-state index in [0.29, 0.717) is 18.0 Å². The van der Waals surface area contributed by atoms with Crippen LogP contribution in [0.4, 0.5) is 18.9 Å². The Labute approximate surface area is 157 Å². The van der Waals surface area contributed by atoms with Gasteiger partial charge in [0.25, 0.3) is 0 Å². The molecule has 146 valence electrons. The predicted molar refractivity (Wildman–Crippen MR) is 99.7 cm³/mol. The smallest absolute Gasteiger partial charge is 0.491 e. The van der Waals surface area contributed by atoms with Crippen molar-refractivity contribution in [3.63, 3.8) is 0 Å². The average Bonchev–Trinajstić information content (AvgIpc) is 3.12. The molecule has 2 aromatic carbocycles. The molecule has 1 fully saturated rings. The number of anilines is 1. The minimum Gasteiger partial charge on any atom is -0.491 e. The van der Waals surface area contributed by atoms with Crippen LogP contribution in [0, 0.1) is 5.92 Å². The monoisotopic (exact) mass is 379 g/mol. The van der Waals surface area contributed by atoms with Gasteiger partial charge in [0.2, 0.25) is 0 Å². The van der Waals surface area contributed by atoms with Crippen molar-refractivity contribution in [3.05, 3.63) is 42.5 Å². The molecular weight excluding hydrogens is 355 g/mol. The second-order valence-corrected chi connectivity index (χ2v) is 6.97. The quantitative estimate of drug-likeness (QED) is 0.461. The number of ether oxygens (including phenoxy) is 2. The molecule has 0 spiro atoms. The molecule has 0 heterocycles. The van der Waals surface area contributed by atoms with Crippen molar-refractivity contribution in [3.8, 4) is 22.6 Å². The minimum atomic E-state index is -4.69. The number of hydrogen-bond donors (Lipinski definition) is 1. The van der Waals surface area contributed by atoms with Crippen LogP contribution in [-0.2, 0) is 0 Å². The Kier molecular flexibility index (Phi) is 6.14. The van der Waals surface area contributed by atoms with E-state index in [0.717, 1.165) is 23.5 Å². The molecule has 0 amide bonds. The third kappa shape index (κ3) is 5.81. The molecule has 0 saturated heterocycles. The van der Waals surface area contributed by atoms with Crippen molar-refractivity contribution in [2.45, 2.75) is 44.9 Å². The molecule has 1 aliphatic carbocycles. The Bertz CT molecular complexity index is 738. The van der Waals surface area contributed by atoms with Crippen LogP contribution in [0.1, 0.15) is 38.5 Å². The number of rotatable bonds is 7. The third-order valence-corrected chi connectivity index (χ3v) is 4.92. The lowest BCUT2D eigenvalue weighted by molar-refractivity contribution is -0.274. The fourth-order valence-electron chi connectivity index (χ4n) is 3.56. The molecule has 0 unspecified atom stereocenters. The molecule has 2 aromatic rings. The zero-order valence-electron chi connectivity index (χ0n) is 15.1. The SMILES string of the molecule is Nc1cc(-c2ccc(OC(F)(F)F)cc2)ccc1OCCCC1CCCC1. The van der Waals surface area contributed by atoms with E-state index < -0.39 is 6.36 Å². The first kappa shape index (κ1) is 19.4.